The van der Waals surface area contributed by atoms with Crippen molar-refractivity contribution >= 4 is 22.6 Å². The van der Waals surface area contributed by atoms with Crippen LogP contribution in [-0.2, 0) is 16.6 Å². The maximum atomic E-state index is 14.8. The van der Waals surface area contributed by atoms with Crippen LogP contribution in [-0.4, -0.2) is 57.1 Å². The average Bonchev–Trinajstić information content (AvgIpc) is 2.85. The predicted octanol–water partition coefficient (Wildman–Crippen LogP) is 3.33. The molecule has 3 aromatic rings. The number of aryl methyl sites for hydroxylation is 1. The van der Waals surface area contributed by atoms with Crippen molar-refractivity contribution in [1.82, 2.24) is 24.9 Å². The molecule has 196 valence electrons. The molecule has 37 heavy (non-hydrogen) atoms. The van der Waals surface area contributed by atoms with E-state index in [4.69, 9.17) is 4.74 Å². The summed E-state index contributed by atoms with van der Waals surface area (Å²) in [5.41, 5.74) is -0.301. The molecule has 5 rings (SSSR count). The number of hydrogen-bond acceptors (Lipinski definition) is 7. The number of alkyl halides is 2. The summed E-state index contributed by atoms with van der Waals surface area (Å²) in [6, 6.07) is 4.88. The molecule has 12 heteroatoms. The highest BCUT2D eigenvalue weighted by Crippen LogP contribution is 2.32. The van der Waals surface area contributed by atoms with E-state index in [9.17, 15) is 22.8 Å². The number of rotatable bonds is 6. The summed E-state index contributed by atoms with van der Waals surface area (Å²) < 4.78 is 47.4. The van der Waals surface area contributed by atoms with Gasteiger partial charge in [0.1, 0.15) is 5.82 Å². The summed E-state index contributed by atoms with van der Waals surface area (Å²) in [4.78, 5) is 27.0. The molecular formula is C25H27F3N6O3. The molecule has 9 nitrogen and oxygen atoms in total. The number of ether oxygens (including phenoxy) is 1. The lowest BCUT2D eigenvalue weighted by molar-refractivity contribution is -0.150. The molecule has 1 atom stereocenters. The van der Waals surface area contributed by atoms with E-state index in [1.165, 1.54) is 19.2 Å². The molecule has 1 aromatic carbocycles. The monoisotopic (exact) mass is 516 g/mol. The predicted molar refractivity (Wildman–Crippen MR) is 129 cm³/mol. The number of aromatic nitrogens is 4. The Morgan fingerprint density at radius 3 is 2.51 bits per heavy atom. The van der Waals surface area contributed by atoms with Crippen LogP contribution in [0.25, 0.3) is 10.9 Å². The first-order chi connectivity index (χ1) is 17.7. The molecular weight excluding hydrogens is 489 g/mol. The Morgan fingerprint density at radius 1 is 1.16 bits per heavy atom. The third kappa shape index (κ3) is 4.77. The Hall–Kier alpha value is -3.54. The lowest BCUT2D eigenvalue weighted by Gasteiger charge is -2.36. The third-order valence-corrected chi connectivity index (χ3v) is 7.14. The molecule has 0 radical (unpaired) electrons. The van der Waals surface area contributed by atoms with Gasteiger partial charge in [0.25, 0.3) is 12.0 Å². The van der Waals surface area contributed by atoms with E-state index < -0.39 is 29.4 Å². The fourth-order valence-corrected chi connectivity index (χ4v) is 4.84. The van der Waals surface area contributed by atoms with Gasteiger partial charge in [-0.1, -0.05) is 18.2 Å². The van der Waals surface area contributed by atoms with E-state index >= 15 is 0 Å². The van der Waals surface area contributed by atoms with Gasteiger partial charge in [-0.25, -0.2) is 17.9 Å². The first-order valence-corrected chi connectivity index (χ1v) is 12.2. The number of nitrogens with zero attached hydrogens (tertiary/aromatic N) is 5. The second-order valence-electron chi connectivity index (χ2n) is 9.56. The third-order valence-electron chi connectivity index (χ3n) is 7.14. The number of halogens is 3. The van der Waals surface area contributed by atoms with Gasteiger partial charge in [0.15, 0.2) is 11.3 Å². The number of hydrogen-bond donors (Lipinski definition) is 1. The number of carbonyl (C=O) groups is 1. The Bertz CT molecular complexity index is 1390. The van der Waals surface area contributed by atoms with Gasteiger partial charge in [-0.3, -0.25) is 9.59 Å². The van der Waals surface area contributed by atoms with Gasteiger partial charge < -0.3 is 15.0 Å². The molecule has 2 aliphatic rings. The molecule has 2 fully saturated rings. The van der Waals surface area contributed by atoms with Crippen molar-refractivity contribution < 1.29 is 22.7 Å². The zero-order valence-corrected chi connectivity index (χ0v) is 20.5. The first kappa shape index (κ1) is 25.1. The van der Waals surface area contributed by atoms with E-state index in [1.54, 1.807) is 13.0 Å². The lowest BCUT2D eigenvalue weighted by atomic mass is 9.92. The van der Waals surface area contributed by atoms with Gasteiger partial charge in [-0.2, -0.15) is 10.2 Å². The smallest absolute Gasteiger partial charge is 0.295 e. The van der Waals surface area contributed by atoms with Crippen LogP contribution in [0.2, 0.25) is 0 Å². The average molecular weight is 517 g/mol. The van der Waals surface area contributed by atoms with E-state index in [0.717, 1.165) is 10.7 Å². The molecule has 0 unspecified atom stereocenters. The summed E-state index contributed by atoms with van der Waals surface area (Å²) in [6.45, 7) is 3.76. The van der Waals surface area contributed by atoms with Gasteiger partial charge in [-0.15, -0.1) is 5.10 Å². The second kappa shape index (κ2) is 10.1. The van der Waals surface area contributed by atoms with Crippen molar-refractivity contribution in [3.05, 3.63) is 57.3 Å². The Balaban J connectivity index is 1.41. The van der Waals surface area contributed by atoms with Crippen LogP contribution in [0, 0.1) is 11.7 Å². The van der Waals surface area contributed by atoms with Crippen molar-refractivity contribution in [1.29, 1.82) is 0 Å². The Morgan fingerprint density at radius 2 is 1.86 bits per heavy atom. The van der Waals surface area contributed by atoms with Crippen LogP contribution >= 0.6 is 0 Å². The van der Waals surface area contributed by atoms with Crippen molar-refractivity contribution in [2.24, 2.45) is 13.0 Å². The lowest BCUT2D eigenvalue weighted by Crippen LogP contribution is -2.47. The second-order valence-corrected chi connectivity index (χ2v) is 9.56. The standard InChI is InChI=1S/C25H27F3N6O3/c1-13(16-4-3-5-17(20(16)26)22(27)28)29-23-18-10-19(30-31-21(18)25(36)33(2)32-23)14-6-8-34(9-7-14)24(35)15-11-37-12-15/h3-5,10,13-15,22H,6-9,11-12H2,1-2H3,(H,29,32)/t13-/m1/s1. The molecule has 2 aromatic heterocycles. The molecule has 2 saturated heterocycles. The van der Waals surface area contributed by atoms with Crippen LogP contribution in [0.4, 0.5) is 19.0 Å². The highest BCUT2D eigenvalue weighted by atomic mass is 19.3. The molecule has 0 aliphatic carbocycles. The summed E-state index contributed by atoms with van der Waals surface area (Å²) in [5.74, 6) is -0.623. The van der Waals surface area contributed by atoms with E-state index in [1.807, 2.05) is 4.90 Å². The molecule has 0 saturated carbocycles. The number of piperidine rings is 1. The summed E-state index contributed by atoms with van der Waals surface area (Å²) >= 11 is 0. The first-order valence-electron chi connectivity index (χ1n) is 12.2. The van der Waals surface area contributed by atoms with Gasteiger partial charge >= 0.3 is 0 Å². The van der Waals surface area contributed by atoms with Crippen LogP contribution in [0.5, 0.6) is 0 Å². The molecule has 0 bridgehead atoms. The van der Waals surface area contributed by atoms with Gasteiger partial charge in [0.05, 0.1) is 41.8 Å². The Labute approximate surface area is 210 Å². The van der Waals surface area contributed by atoms with Crippen molar-refractivity contribution in [2.75, 3.05) is 31.6 Å². The molecule has 1 N–H and O–H groups in total. The SMILES string of the molecule is C[C@@H](Nc1nn(C)c(=O)c2nnc(C3CCN(C(=O)C4COC4)CC3)cc12)c1cccc(C(F)F)c1F. The highest BCUT2D eigenvalue weighted by Gasteiger charge is 2.33. The quantitative estimate of drug-likeness (QED) is 0.536. The molecule has 1 amide bonds. The summed E-state index contributed by atoms with van der Waals surface area (Å²) in [7, 11) is 1.46. The largest absolute Gasteiger partial charge is 0.380 e. The van der Waals surface area contributed by atoms with Crippen LogP contribution in [0.3, 0.4) is 0 Å². The zero-order valence-electron chi connectivity index (χ0n) is 20.5. The Kier molecular flexibility index (Phi) is 6.84. The van der Waals surface area contributed by atoms with Crippen molar-refractivity contribution in [3.63, 3.8) is 0 Å². The van der Waals surface area contributed by atoms with Gasteiger partial charge in [-0.05, 0) is 25.8 Å². The van der Waals surface area contributed by atoms with Gasteiger partial charge in [0, 0.05) is 31.6 Å². The zero-order chi connectivity index (χ0) is 26.3. The minimum atomic E-state index is -2.94. The fraction of sp³-hybridized carbons (Fsp3) is 0.480. The molecule has 2 aliphatic heterocycles. The van der Waals surface area contributed by atoms with Gasteiger partial charge in [0.2, 0.25) is 5.91 Å². The highest BCUT2D eigenvalue weighted by molar-refractivity contribution is 5.88. The summed E-state index contributed by atoms with van der Waals surface area (Å²) in [6.07, 6.45) is -1.55. The van der Waals surface area contributed by atoms with Crippen molar-refractivity contribution in [2.45, 2.75) is 38.2 Å². The number of carbonyl (C=O) groups excluding carboxylic acids is 1. The van der Waals surface area contributed by atoms with E-state index in [2.05, 4.69) is 20.6 Å². The molecule has 0 spiro atoms. The minimum absolute atomic E-state index is 0.0353. The number of benzene rings is 1. The number of amides is 1. The number of anilines is 1. The van der Waals surface area contributed by atoms with E-state index in [-0.39, 0.29) is 34.6 Å². The molecule has 4 heterocycles. The number of fused-ring (bicyclic) bond motifs is 1. The number of nitrogens with one attached hydrogen (secondary N) is 1. The van der Waals surface area contributed by atoms with Crippen LogP contribution in [0.1, 0.15) is 55.0 Å². The van der Waals surface area contributed by atoms with Crippen LogP contribution < -0.4 is 10.9 Å². The maximum Gasteiger partial charge on any atom is 0.295 e. The maximum absolute atomic E-state index is 14.8. The number of likely N-dealkylation sites (tertiary alicyclic amines) is 1. The minimum Gasteiger partial charge on any atom is -0.380 e. The topological polar surface area (TPSA) is 102 Å². The summed E-state index contributed by atoms with van der Waals surface area (Å²) in [5, 5.41) is 16.3. The van der Waals surface area contributed by atoms with Crippen molar-refractivity contribution in [3.8, 4) is 0 Å². The normalized spacial score (nSPS) is 17.7. The van der Waals surface area contributed by atoms with Crippen LogP contribution in [0.15, 0.2) is 29.1 Å². The van der Waals surface area contributed by atoms with E-state index in [0.29, 0.717) is 50.2 Å². The fourth-order valence-electron chi connectivity index (χ4n) is 4.84.